The number of carbonyl (C=O) groups is 2. The Morgan fingerprint density at radius 1 is 1.21 bits per heavy atom. The smallest absolute Gasteiger partial charge is 0.255 e. The number of ether oxygens (including phenoxy) is 1. The number of carbonyl (C=O) groups excluding carboxylic acids is 2. The van der Waals surface area contributed by atoms with E-state index in [-0.39, 0.29) is 30.3 Å². The summed E-state index contributed by atoms with van der Waals surface area (Å²) in [5.74, 6) is -0.710. The molecule has 222 valence electrons. The minimum absolute atomic E-state index is 0.151. The lowest BCUT2D eigenvalue weighted by molar-refractivity contribution is -0.126. The van der Waals surface area contributed by atoms with Gasteiger partial charge in [0.15, 0.2) is 0 Å². The maximum absolute atomic E-state index is 14.0. The lowest BCUT2D eigenvalue weighted by Crippen LogP contribution is -2.46. The number of rotatable bonds is 9. The van der Waals surface area contributed by atoms with Gasteiger partial charge in [-0.2, -0.15) is 0 Å². The summed E-state index contributed by atoms with van der Waals surface area (Å²) in [5, 5.41) is 26.0. The van der Waals surface area contributed by atoms with Gasteiger partial charge in [-0.25, -0.2) is 14.4 Å². The second kappa shape index (κ2) is 12.6. The van der Waals surface area contributed by atoms with E-state index in [1.165, 1.54) is 36.4 Å². The first-order valence-corrected chi connectivity index (χ1v) is 14.2. The van der Waals surface area contributed by atoms with Gasteiger partial charge < -0.3 is 30.5 Å². The molecule has 0 spiro atoms. The highest BCUT2D eigenvalue weighted by atomic mass is 35.5. The van der Waals surface area contributed by atoms with Crippen molar-refractivity contribution >= 4 is 29.4 Å². The molecule has 1 aromatic heterocycles. The Kier molecular flexibility index (Phi) is 8.91. The third-order valence-electron chi connectivity index (χ3n) is 7.87. The Bertz CT molecular complexity index is 1480. The predicted molar refractivity (Wildman–Crippen MR) is 155 cm³/mol. The Morgan fingerprint density at radius 3 is 2.69 bits per heavy atom. The summed E-state index contributed by atoms with van der Waals surface area (Å²) in [6, 6.07) is 7.70. The first-order chi connectivity index (χ1) is 20.2. The van der Waals surface area contributed by atoms with Crippen molar-refractivity contribution in [3.05, 3.63) is 70.1 Å². The van der Waals surface area contributed by atoms with Crippen molar-refractivity contribution in [1.82, 2.24) is 20.2 Å². The minimum Gasteiger partial charge on any atom is -0.497 e. The molecule has 0 saturated heterocycles. The molecule has 42 heavy (non-hydrogen) atoms. The molecule has 1 aliphatic carbocycles. The highest BCUT2D eigenvalue weighted by Crippen LogP contribution is 2.33. The van der Waals surface area contributed by atoms with Crippen LogP contribution in [0.3, 0.4) is 0 Å². The van der Waals surface area contributed by atoms with Gasteiger partial charge in [-0.05, 0) is 61.9 Å². The summed E-state index contributed by atoms with van der Waals surface area (Å²) < 4.78 is 19.1. The average molecular weight is 598 g/mol. The van der Waals surface area contributed by atoms with Crippen LogP contribution in [0.4, 0.5) is 10.3 Å². The molecule has 4 N–H and O–H groups in total. The SMILES string of the molecule is COc1cc(F)cc(C(CO)NC(=O)C(C)N2Cc3ccc(-c4nc(N[C@H]5CC[C@H](O)CC5)ncc4Cl)cc3C2=O)c1. The lowest BCUT2D eigenvalue weighted by atomic mass is 9.93. The maximum atomic E-state index is 14.0. The van der Waals surface area contributed by atoms with Gasteiger partial charge in [-0.15, -0.1) is 0 Å². The Balaban J connectivity index is 1.30. The molecular weight excluding hydrogens is 565 g/mol. The molecule has 2 heterocycles. The average Bonchev–Trinajstić information content (AvgIpc) is 3.32. The molecule has 2 amide bonds. The Hall–Kier alpha value is -3.80. The number of halogens is 2. The molecule has 2 aromatic carbocycles. The predicted octanol–water partition coefficient (Wildman–Crippen LogP) is 3.85. The number of aliphatic hydroxyl groups is 2. The normalized spacial score (nSPS) is 19.7. The van der Waals surface area contributed by atoms with Crippen LogP contribution in [0.5, 0.6) is 5.75 Å². The van der Waals surface area contributed by atoms with Crippen LogP contribution in [-0.4, -0.2) is 68.8 Å². The molecule has 1 saturated carbocycles. The molecule has 2 atom stereocenters. The first kappa shape index (κ1) is 29.7. The van der Waals surface area contributed by atoms with E-state index in [9.17, 15) is 24.2 Å². The monoisotopic (exact) mass is 597 g/mol. The van der Waals surface area contributed by atoms with Gasteiger partial charge in [-0.3, -0.25) is 9.59 Å². The van der Waals surface area contributed by atoms with Crippen molar-refractivity contribution in [3.8, 4) is 17.0 Å². The summed E-state index contributed by atoms with van der Waals surface area (Å²) in [6.07, 6.45) is 4.32. The van der Waals surface area contributed by atoms with E-state index in [0.717, 1.165) is 31.2 Å². The van der Waals surface area contributed by atoms with Gasteiger partial charge in [0.1, 0.15) is 17.6 Å². The molecule has 1 aliphatic heterocycles. The summed E-state index contributed by atoms with van der Waals surface area (Å²) in [5.41, 5.74) is 2.64. The van der Waals surface area contributed by atoms with E-state index < -0.39 is 30.4 Å². The first-order valence-electron chi connectivity index (χ1n) is 13.8. The molecule has 5 rings (SSSR count). The van der Waals surface area contributed by atoms with Crippen LogP contribution < -0.4 is 15.4 Å². The van der Waals surface area contributed by atoms with Crippen LogP contribution in [0.15, 0.2) is 42.6 Å². The second-order valence-electron chi connectivity index (χ2n) is 10.7. The van der Waals surface area contributed by atoms with Crippen molar-refractivity contribution < 1.29 is 28.9 Å². The molecule has 0 radical (unpaired) electrons. The van der Waals surface area contributed by atoms with E-state index in [2.05, 4.69) is 20.6 Å². The van der Waals surface area contributed by atoms with Gasteiger partial charge in [0.2, 0.25) is 11.9 Å². The third kappa shape index (κ3) is 6.33. The Morgan fingerprint density at radius 2 is 1.98 bits per heavy atom. The van der Waals surface area contributed by atoms with Crippen molar-refractivity contribution in [2.45, 2.75) is 63.4 Å². The second-order valence-corrected chi connectivity index (χ2v) is 11.1. The van der Waals surface area contributed by atoms with Gasteiger partial charge in [-0.1, -0.05) is 23.7 Å². The minimum atomic E-state index is -0.891. The molecular formula is C30H33ClFN5O5. The number of aromatic nitrogens is 2. The van der Waals surface area contributed by atoms with Crippen LogP contribution in [-0.2, 0) is 11.3 Å². The van der Waals surface area contributed by atoms with E-state index in [0.29, 0.717) is 33.4 Å². The summed E-state index contributed by atoms with van der Waals surface area (Å²) in [7, 11) is 1.40. The van der Waals surface area contributed by atoms with E-state index in [1.54, 1.807) is 13.0 Å². The fourth-order valence-corrected chi connectivity index (χ4v) is 5.60. The van der Waals surface area contributed by atoms with E-state index in [4.69, 9.17) is 16.3 Å². The van der Waals surface area contributed by atoms with E-state index >= 15 is 0 Å². The van der Waals surface area contributed by atoms with Crippen LogP contribution in [0.1, 0.15) is 60.1 Å². The Labute approximate surface area is 247 Å². The highest BCUT2D eigenvalue weighted by molar-refractivity contribution is 6.33. The summed E-state index contributed by atoms with van der Waals surface area (Å²) in [6.45, 7) is 1.35. The lowest BCUT2D eigenvalue weighted by Gasteiger charge is -2.26. The number of nitrogens with zero attached hydrogens (tertiary/aromatic N) is 3. The summed E-state index contributed by atoms with van der Waals surface area (Å²) in [4.78, 5) is 37.0. The number of anilines is 1. The highest BCUT2D eigenvalue weighted by Gasteiger charge is 2.35. The molecule has 0 bridgehead atoms. The zero-order chi connectivity index (χ0) is 30.0. The fourth-order valence-electron chi connectivity index (χ4n) is 5.40. The molecule has 3 aromatic rings. The third-order valence-corrected chi connectivity index (χ3v) is 8.14. The van der Waals surface area contributed by atoms with Gasteiger partial charge in [0.05, 0.1) is 42.8 Å². The quantitative estimate of drug-likeness (QED) is 0.292. The number of benzene rings is 2. The standard InChI is InChI=1S/C30H33ClFN5O5/c1-16(28(40)35-26(15-38)19-9-20(32)12-23(10-19)42-2)37-14-18-4-3-17(11-24(18)29(37)41)27-25(31)13-33-30(36-27)34-21-5-7-22(39)8-6-21/h3-4,9-13,16,21-22,26,38-39H,5-8,14-15H2,1-2H3,(H,35,40)(H,33,34,36)/t16?,21-,22-,26?. The molecule has 1 fully saturated rings. The van der Waals surface area contributed by atoms with Gasteiger partial charge >= 0.3 is 0 Å². The van der Waals surface area contributed by atoms with Crippen LogP contribution in [0.25, 0.3) is 11.3 Å². The summed E-state index contributed by atoms with van der Waals surface area (Å²) >= 11 is 6.46. The largest absolute Gasteiger partial charge is 0.497 e. The van der Waals surface area contributed by atoms with Crippen LogP contribution in [0.2, 0.25) is 5.02 Å². The molecule has 2 aliphatic rings. The van der Waals surface area contributed by atoms with Crippen LogP contribution in [0, 0.1) is 5.82 Å². The molecule has 2 unspecified atom stereocenters. The number of hydrogen-bond donors (Lipinski definition) is 4. The number of amides is 2. The number of fused-ring (bicyclic) bond motifs is 1. The van der Waals surface area contributed by atoms with Crippen molar-refractivity contribution in [1.29, 1.82) is 0 Å². The van der Waals surface area contributed by atoms with E-state index in [1.807, 2.05) is 12.1 Å². The number of nitrogens with one attached hydrogen (secondary N) is 2. The van der Waals surface area contributed by atoms with Crippen molar-refractivity contribution in [2.75, 3.05) is 19.0 Å². The van der Waals surface area contributed by atoms with Crippen molar-refractivity contribution in [2.24, 2.45) is 0 Å². The number of hydrogen-bond acceptors (Lipinski definition) is 8. The van der Waals surface area contributed by atoms with Gasteiger partial charge in [0.25, 0.3) is 5.91 Å². The molecule has 10 nitrogen and oxygen atoms in total. The zero-order valence-electron chi connectivity index (χ0n) is 23.3. The number of methoxy groups -OCH3 is 1. The van der Waals surface area contributed by atoms with Crippen molar-refractivity contribution in [3.63, 3.8) is 0 Å². The van der Waals surface area contributed by atoms with Crippen LogP contribution >= 0.6 is 11.6 Å². The maximum Gasteiger partial charge on any atom is 0.255 e. The molecule has 12 heteroatoms. The van der Waals surface area contributed by atoms with Gasteiger partial charge in [0, 0.05) is 29.8 Å². The number of aliphatic hydroxyl groups excluding tert-OH is 2. The zero-order valence-corrected chi connectivity index (χ0v) is 24.1. The topological polar surface area (TPSA) is 137 Å². The fraction of sp³-hybridized carbons (Fsp3) is 0.400.